The van der Waals surface area contributed by atoms with Crippen LogP contribution in [0.5, 0.6) is 0 Å². The molecule has 0 spiro atoms. The average Bonchev–Trinajstić information content (AvgIpc) is 3.14. The summed E-state index contributed by atoms with van der Waals surface area (Å²) >= 11 is 1.37. The topological polar surface area (TPSA) is 104 Å². The van der Waals surface area contributed by atoms with Crippen molar-refractivity contribution in [2.45, 2.75) is 0 Å². The van der Waals surface area contributed by atoms with Crippen molar-refractivity contribution in [1.29, 1.82) is 5.26 Å². The summed E-state index contributed by atoms with van der Waals surface area (Å²) in [4.78, 5) is 17.5. The fraction of sp³-hybridized carbons (Fsp3) is 0.0417. The fourth-order valence-electron chi connectivity index (χ4n) is 3.31. The number of rotatable bonds is 6. The van der Waals surface area contributed by atoms with Crippen molar-refractivity contribution in [1.82, 2.24) is 10.3 Å². The molecule has 4 rings (SSSR count). The number of nitrogens with zero attached hydrogens (tertiary/aromatic N) is 2. The zero-order chi connectivity index (χ0) is 21.8. The summed E-state index contributed by atoms with van der Waals surface area (Å²) in [5.74, 6) is -0.198. The first-order chi connectivity index (χ1) is 15.1. The molecule has 0 aliphatic rings. The summed E-state index contributed by atoms with van der Waals surface area (Å²) in [5.41, 5.74) is 9.66. The van der Waals surface area contributed by atoms with Crippen LogP contribution in [0.15, 0.2) is 73.3 Å². The number of para-hydroxylation sites is 1. The van der Waals surface area contributed by atoms with Crippen LogP contribution in [-0.4, -0.2) is 17.4 Å². The predicted molar refractivity (Wildman–Crippen MR) is 126 cm³/mol. The minimum Gasteiger partial charge on any atom is -0.383 e. The molecule has 31 heavy (non-hydrogen) atoms. The van der Waals surface area contributed by atoms with Gasteiger partial charge in [-0.3, -0.25) is 4.79 Å². The minimum absolute atomic E-state index is 0.0932. The van der Waals surface area contributed by atoms with E-state index in [0.29, 0.717) is 33.8 Å². The standard InChI is InChI=1S/C24H19N5OS/c1-2-13-27-23(30)19-20-21(31-24(19)28-16-11-7-4-8-12-16)18(15-9-5-3-6-10-15)17(14-25)22(26)29-20/h2-12,28H,1,13H2,(H2,26,29)(H,27,30). The molecule has 0 bridgehead atoms. The molecule has 6 nitrogen and oxygen atoms in total. The molecule has 0 fully saturated rings. The summed E-state index contributed by atoms with van der Waals surface area (Å²) in [6, 6.07) is 21.3. The van der Waals surface area contributed by atoms with E-state index in [1.54, 1.807) is 6.08 Å². The molecule has 2 heterocycles. The van der Waals surface area contributed by atoms with Gasteiger partial charge in [0.1, 0.15) is 28.0 Å². The first kappa shape index (κ1) is 20.1. The number of fused-ring (bicyclic) bond motifs is 1. The number of hydrogen-bond donors (Lipinski definition) is 3. The predicted octanol–water partition coefficient (Wildman–Crippen LogP) is 5.08. The molecule has 2 aromatic carbocycles. The highest BCUT2D eigenvalue weighted by atomic mass is 32.1. The van der Waals surface area contributed by atoms with E-state index in [9.17, 15) is 10.1 Å². The zero-order valence-corrected chi connectivity index (χ0v) is 17.4. The Kier molecular flexibility index (Phi) is 5.65. The van der Waals surface area contributed by atoms with Crippen LogP contribution in [0.4, 0.5) is 16.5 Å². The molecule has 7 heteroatoms. The van der Waals surface area contributed by atoms with E-state index in [1.807, 2.05) is 60.7 Å². The van der Waals surface area contributed by atoms with Gasteiger partial charge in [-0.2, -0.15) is 5.26 Å². The normalized spacial score (nSPS) is 10.4. The van der Waals surface area contributed by atoms with Gasteiger partial charge >= 0.3 is 0 Å². The van der Waals surface area contributed by atoms with Gasteiger partial charge < -0.3 is 16.4 Å². The number of amides is 1. The molecule has 0 saturated carbocycles. The van der Waals surface area contributed by atoms with Crippen molar-refractivity contribution in [3.05, 3.63) is 84.4 Å². The number of aromatic nitrogens is 1. The van der Waals surface area contributed by atoms with Gasteiger partial charge in [0.2, 0.25) is 0 Å². The molecule has 0 aliphatic carbocycles. The highest BCUT2D eigenvalue weighted by Gasteiger charge is 2.25. The van der Waals surface area contributed by atoms with E-state index in [-0.39, 0.29) is 11.7 Å². The van der Waals surface area contributed by atoms with E-state index in [1.165, 1.54) is 11.3 Å². The van der Waals surface area contributed by atoms with E-state index in [2.05, 4.69) is 28.3 Å². The number of carbonyl (C=O) groups excluding carboxylic acids is 1. The highest BCUT2D eigenvalue weighted by Crippen LogP contribution is 2.44. The third-order valence-corrected chi connectivity index (χ3v) is 5.80. The molecule has 0 atom stereocenters. The van der Waals surface area contributed by atoms with Crippen molar-refractivity contribution in [3.8, 4) is 17.2 Å². The SMILES string of the molecule is C=CCNC(=O)c1c(Nc2ccccc2)sc2c(-c3ccccc3)c(C#N)c(N)nc12. The van der Waals surface area contributed by atoms with E-state index < -0.39 is 0 Å². The lowest BCUT2D eigenvalue weighted by Crippen LogP contribution is -2.23. The first-order valence-electron chi connectivity index (χ1n) is 9.56. The lowest BCUT2D eigenvalue weighted by atomic mass is 10.00. The average molecular weight is 426 g/mol. The quantitative estimate of drug-likeness (QED) is 0.374. The summed E-state index contributed by atoms with van der Waals surface area (Å²) in [5, 5.41) is 16.6. The van der Waals surface area contributed by atoms with Gasteiger partial charge in [0, 0.05) is 17.8 Å². The number of anilines is 3. The highest BCUT2D eigenvalue weighted by molar-refractivity contribution is 7.24. The van der Waals surface area contributed by atoms with Crippen LogP contribution >= 0.6 is 11.3 Å². The van der Waals surface area contributed by atoms with Crippen LogP contribution in [-0.2, 0) is 0 Å². The fourth-order valence-corrected chi connectivity index (χ4v) is 4.55. The molecule has 4 aromatic rings. The molecule has 0 aliphatic heterocycles. The van der Waals surface area contributed by atoms with Crippen LogP contribution in [0.25, 0.3) is 21.3 Å². The number of carbonyl (C=O) groups is 1. The van der Waals surface area contributed by atoms with Crippen LogP contribution in [0, 0.1) is 11.3 Å². The molecule has 0 saturated heterocycles. The van der Waals surface area contributed by atoms with Gasteiger partial charge in [0.25, 0.3) is 5.91 Å². The number of nitrogens with one attached hydrogen (secondary N) is 2. The van der Waals surface area contributed by atoms with E-state index in [0.717, 1.165) is 16.0 Å². The molecule has 4 N–H and O–H groups in total. The zero-order valence-electron chi connectivity index (χ0n) is 16.6. The molecular weight excluding hydrogens is 406 g/mol. The Labute approximate surface area is 183 Å². The Morgan fingerprint density at radius 3 is 2.48 bits per heavy atom. The number of nitrogens with two attached hydrogens (primary N) is 1. The van der Waals surface area contributed by atoms with Gasteiger partial charge in [0.05, 0.1) is 10.2 Å². The van der Waals surface area contributed by atoms with Crippen LogP contribution < -0.4 is 16.4 Å². The Balaban J connectivity index is 2.01. The second kappa shape index (κ2) is 8.69. The summed E-state index contributed by atoms with van der Waals surface area (Å²) < 4.78 is 0.721. The molecule has 152 valence electrons. The van der Waals surface area contributed by atoms with Crippen molar-refractivity contribution in [3.63, 3.8) is 0 Å². The number of thiophene rings is 1. The lowest BCUT2D eigenvalue weighted by Gasteiger charge is -2.09. The van der Waals surface area contributed by atoms with Crippen LogP contribution in [0.3, 0.4) is 0 Å². The van der Waals surface area contributed by atoms with Crippen molar-refractivity contribution in [2.75, 3.05) is 17.6 Å². The number of nitrogen functional groups attached to an aromatic ring is 1. The Hall–Kier alpha value is -4.15. The van der Waals surface area contributed by atoms with Gasteiger partial charge in [-0.15, -0.1) is 17.9 Å². The van der Waals surface area contributed by atoms with Gasteiger partial charge in [-0.1, -0.05) is 54.6 Å². The number of benzene rings is 2. The Morgan fingerprint density at radius 2 is 1.84 bits per heavy atom. The number of pyridine rings is 1. The molecule has 0 unspecified atom stereocenters. The monoisotopic (exact) mass is 425 g/mol. The third kappa shape index (κ3) is 3.84. The smallest absolute Gasteiger partial charge is 0.256 e. The lowest BCUT2D eigenvalue weighted by molar-refractivity contribution is 0.0960. The van der Waals surface area contributed by atoms with E-state index in [4.69, 9.17) is 5.73 Å². The third-order valence-electron chi connectivity index (χ3n) is 4.69. The van der Waals surface area contributed by atoms with Gasteiger partial charge in [0.15, 0.2) is 0 Å². The van der Waals surface area contributed by atoms with E-state index >= 15 is 0 Å². The number of hydrogen-bond acceptors (Lipinski definition) is 6. The largest absolute Gasteiger partial charge is 0.383 e. The Bertz CT molecular complexity index is 1310. The van der Waals surface area contributed by atoms with Crippen molar-refractivity contribution in [2.24, 2.45) is 0 Å². The molecule has 1 amide bonds. The second-order valence-electron chi connectivity index (χ2n) is 6.70. The van der Waals surface area contributed by atoms with Crippen molar-refractivity contribution < 1.29 is 4.79 Å². The molecule has 0 radical (unpaired) electrons. The maximum absolute atomic E-state index is 13.1. The number of nitriles is 1. The maximum Gasteiger partial charge on any atom is 0.256 e. The maximum atomic E-state index is 13.1. The molecular formula is C24H19N5OS. The Morgan fingerprint density at radius 1 is 1.16 bits per heavy atom. The van der Waals surface area contributed by atoms with Crippen molar-refractivity contribution >= 4 is 44.0 Å². The molecule has 2 aromatic heterocycles. The first-order valence-corrected chi connectivity index (χ1v) is 10.4. The van der Waals surface area contributed by atoms with Crippen LogP contribution in [0.1, 0.15) is 15.9 Å². The summed E-state index contributed by atoms with van der Waals surface area (Å²) in [6.45, 7) is 3.98. The summed E-state index contributed by atoms with van der Waals surface area (Å²) in [6.07, 6.45) is 1.61. The van der Waals surface area contributed by atoms with Crippen LogP contribution in [0.2, 0.25) is 0 Å². The second-order valence-corrected chi connectivity index (χ2v) is 7.72. The minimum atomic E-state index is -0.291. The summed E-state index contributed by atoms with van der Waals surface area (Å²) in [7, 11) is 0. The van der Waals surface area contributed by atoms with Gasteiger partial charge in [-0.05, 0) is 17.7 Å². The van der Waals surface area contributed by atoms with Gasteiger partial charge in [-0.25, -0.2) is 4.98 Å².